The molecule has 1 fully saturated rings. The standard InChI is InChI=1S/C11H21NO4S/c1-9-7-12(5-6-17(14,15)8-9)10(13)11(2,3)16-4/h9H,5-8H2,1-4H3. The molecule has 1 heterocycles. The fourth-order valence-electron chi connectivity index (χ4n) is 1.94. The van der Waals surface area contributed by atoms with Gasteiger partial charge in [0, 0.05) is 20.2 Å². The number of rotatable bonds is 2. The maximum atomic E-state index is 12.2. The number of carbonyl (C=O) groups excluding carboxylic acids is 1. The maximum Gasteiger partial charge on any atom is 0.254 e. The van der Waals surface area contributed by atoms with Crippen LogP contribution in [0.3, 0.4) is 0 Å². The molecule has 1 atom stereocenters. The molecule has 1 unspecified atom stereocenters. The number of hydrogen-bond donors (Lipinski definition) is 0. The Morgan fingerprint density at radius 3 is 2.53 bits per heavy atom. The minimum atomic E-state index is -3.02. The SMILES string of the molecule is COC(C)(C)C(=O)N1CCS(=O)(=O)CC(C)C1. The molecule has 6 heteroatoms. The number of nitrogens with zero attached hydrogens (tertiary/aromatic N) is 1. The Morgan fingerprint density at radius 2 is 2.00 bits per heavy atom. The molecule has 0 aliphatic carbocycles. The molecule has 0 aromatic carbocycles. The summed E-state index contributed by atoms with van der Waals surface area (Å²) in [7, 11) is -1.54. The lowest BCUT2D eigenvalue weighted by Crippen LogP contribution is -2.48. The van der Waals surface area contributed by atoms with Crippen molar-refractivity contribution in [2.75, 3.05) is 31.7 Å². The van der Waals surface area contributed by atoms with Gasteiger partial charge in [-0.2, -0.15) is 0 Å². The fourth-order valence-corrected chi connectivity index (χ4v) is 3.58. The van der Waals surface area contributed by atoms with Crippen LogP contribution < -0.4 is 0 Å². The van der Waals surface area contributed by atoms with E-state index in [2.05, 4.69) is 0 Å². The van der Waals surface area contributed by atoms with Crippen LogP contribution in [0, 0.1) is 5.92 Å². The van der Waals surface area contributed by atoms with E-state index >= 15 is 0 Å². The van der Waals surface area contributed by atoms with E-state index in [0.29, 0.717) is 6.54 Å². The van der Waals surface area contributed by atoms with Gasteiger partial charge in [-0.05, 0) is 19.8 Å². The van der Waals surface area contributed by atoms with Gasteiger partial charge in [0.2, 0.25) is 0 Å². The Labute approximate surface area is 103 Å². The normalized spacial score (nSPS) is 25.4. The predicted molar refractivity (Wildman–Crippen MR) is 65.5 cm³/mol. The number of methoxy groups -OCH3 is 1. The van der Waals surface area contributed by atoms with Crippen molar-refractivity contribution in [1.82, 2.24) is 4.90 Å². The van der Waals surface area contributed by atoms with Gasteiger partial charge in [-0.3, -0.25) is 4.79 Å². The molecule has 0 radical (unpaired) electrons. The van der Waals surface area contributed by atoms with Gasteiger partial charge in [0.1, 0.15) is 5.60 Å². The van der Waals surface area contributed by atoms with Crippen LogP contribution in [0.25, 0.3) is 0 Å². The largest absolute Gasteiger partial charge is 0.369 e. The van der Waals surface area contributed by atoms with E-state index in [1.807, 2.05) is 6.92 Å². The summed E-state index contributed by atoms with van der Waals surface area (Å²) in [6.45, 7) is 5.98. The summed E-state index contributed by atoms with van der Waals surface area (Å²) in [5.74, 6) is 0.0237. The molecule has 17 heavy (non-hydrogen) atoms. The molecule has 100 valence electrons. The van der Waals surface area contributed by atoms with Crippen molar-refractivity contribution in [3.05, 3.63) is 0 Å². The van der Waals surface area contributed by atoms with Gasteiger partial charge in [-0.25, -0.2) is 8.42 Å². The molecule has 1 aliphatic heterocycles. The summed E-state index contributed by atoms with van der Waals surface area (Å²) in [6, 6.07) is 0. The van der Waals surface area contributed by atoms with Crippen LogP contribution in [-0.2, 0) is 19.4 Å². The molecular weight excluding hydrogens is 242 g/mol. The number of amides is 1. The average Bonchev–Trinajstić information content (AvgIpc) is 2.34. The number of ether oxygens (including phenoxy) is 1. The van der Waals surface area contributed by atoms with Crippen LogP contribution in [0.15, 0.2) is 0 Å². The quantitative estimate of drug-likeness (QED) is 0.719. The molecule has 0 saturated carbocycles. The van der Waals surface area contributed by atoms with E-state index in [1.165, 1.54) is 7.11 Å². The Hall–Kier alpha value is -0.620. The first kappa shape index (κ1) is 14.4. The number of carbonyl (C=O) groups is 1. The molecule has 0 spiro atoms. The molecule has 0 bridgehead atoms. The molecule has 1 saturated heterocycles. The highest BCUT2D eigenvalue weighted by Gasteiger charge is 2.35. The molecule has 1 amide bonds. The van der Waals surface area contributed by atoms with Crippen molar-refractivity contribution in [2.24, 2.45) is 5.92 Å². The van der Waals surface area contributed by atoms with Gasteiger partial charge < -0.3 is 9.64 Å². The van der Waals surface area contributed by atoms with Crippen LogP contribution >= 0.6 is 0 Å². The zero-order valence-corrected chi connectivity index (χ0v) is 11.7. The monoisotopic (exact) mass is 263 g/mol. The lowest BCUT2D eigenvalue weighted by Gasteiger charge is -2.30. The molecule has 1 rings (SSSR count). The Kier molecular flexibility index (Phi) is 4.19. The van der Waals surface area contributed by atoms with Crippen LogP contribution in [0.2, 0.25) is 0 Å². The summed E-state index contributed by atoms with van der Waals surface area (Å²) in [5.41, 5.74) is -0.895. The van der Waals surface area contributed by atoms with Crippen LogP contribution in [0.5, 0.6) is 0 Å². The highest BCUT2D eigenvalue weighted by molar-refractivity contribution is 7.91. The molecule has 0 aromatic heterocycles. The summed E-state index contributed by atoms with van der Waals surface area (Å²) in [4.78, 5) is 13.8. The summed E-state index contributed by atoms with van der Waals surface area (Å²) >= 11 is 0. The van der Waals surface area contributed by atoms with Crippen molar-refractivity contribution < 1.29 is 17.9 Å². The van der Waals surface area contributed by atoms with Crippen LogP contribution in [0.1, 0.15) is 20.8 Å². The minimum absolute atomic E-state index is 0.0286. The summed E-state index contributed by atoms with van der Waals surface area (Å²) in [5, 5.41) is 0. The Morgan fingerprint density at radius 1 is 1.41 bits per heavy atom. The van der Waals surface area contributed by atoms with E-state index < -0.39 is 15.4 Å². The second kappa shape index (κ2) is 4.94. The zero-order chi connectivity index (χ0) is 13.3. The Balaban J connectivity index is 2.83. The topological polar surface area (TPSA) is 63.7 Å². The molecule has 0 N–H and O–H groups in total. The first-order chi connectivity index (χ1) is 7.68. The first-order valence-corrected chi connectivity index (χ1v) is 7.55. The van der Waals surface area contributed by atoms with E-state index in [0.717, 1.165) is 0 Å². The van der Waals surface area contributed by atoms with E-state index in [4.69, 9.17) is 4.74 Å². The van der Waals surface area contributed by atoms with Crippen molar-refractivity contribution in [3.63, 3.8) is 0 Å². The second-order valence-corrected chi connectivity index (χ2v) is 7.41. The lowest BCUT2D eigenvalue weighted by molar-refractivity contribution is -0.151. The fraction of sp³-hybridized carbons (Fsp3) is 0.909. The number of hydrogen-bond acceptors (Lipinski definition) is 4. The third-order valence-electron chi connectivity index (χ3n) is 3.06. The summed E-state index contributed by atoms with van der Waals surface area (Å²) in [6.07, 6.45) is 0. The average molecular weight is 263 g/mol. The molecule has 0 aromatic rings. The molecule has 1 aliphatic rings. The van der Waals surface area contributed by atoms with Gasteiger partial charge in [-0.15, -0.1) is 0 Å². The third kappa shape index (κ3) is 3.67. The minimum Gasteiger partial charge on any atom is -0.369 e. The van der Waals surface area contributed by atoms with Gasteiger partial charge in [0.05, 0.1) is 11.5 Å². The smallest absolute Gasteiger partial charge is 0.254 e. The van der Waals surface area contributed by atoms with Crippen LogP contribution in [0.4, 0.5) is 0 Å². The first-order valence-electron chi connectivity index (χ1n) is 5.73. The molecule has 5 nitrogen and oxygen atoms in total. The van der Waals surface area contributed by atoms with Gasteiger partial charge in [-0.1, -0.05) is 6.92 Å². The third-order valence-corrected chi connectivity index (χ3v) is 4.94. The van der Waals surface area contributed by atoms with Gasteiger partial charge >= 0.3 is 0 Å². The zero-order valence-electron chi connectivity index (χ0n) is 10.9. The van der Waals surface area contributed by atoms with E-state index in [9.17, 15) is 13.2 Å². The van der Waals surface area contributed by atoms with Crippen molar-refractivity contribution in [2.45, 2.75) is 26.4 Å². The van der Waals surface area contributed by atoms with E-state index in [-0.39, 0.29) is 29.9 Å². The van der Waals surface area contributed by atoms with Gasteiger partial charge in [0.15, 0.2) is 9.84 Å². The maximum absolute atomic E-state index is 12.2. The van der Waals surface area contributed by atoms with Crippen LogP contribution in [-0.4, -0.2) is 56.5 Å². The highest BCUT2D eigenvalue weighted by atomic mass is 32.2. The Bertz CT molecular complexity index is 388. The molecular formula is C11H21NO4S. The van der Waals surface area contributed by atoms with Crippen molar-refractivity contribution in [3.8, 4) is 0 Å². The van der Waals surface area contributed by atoms with Gasteiger partial charge in [0.25, 0.3) is 5.91 Å². The number of sulfone groups is 1. The van der Waals surface area contributed by atoms with Crippen molar-refractivity contribution >= 4 is 15.7 Å². The highest BCUT2D eigenvalue weighted by Crippen LogP contribution is 2.17. The predicted octanol–water partition coefficient (Wildman–Crippen LogP) is 0.305. The van der Waals surface area contributed by atoms with Crippen molar-refractivity contribution in [1.29, 1.82) is 0 Å². The summed E-state index contributed by atoms with van der Waals surface area (Å²) < 4.78 is 28.3. The lowest BCUT2D eigenvalue weighted by atomic mass is 10.1. The van der Waals surface area contributed by atoms with E-state index in [1.54, 1.807) is 18.7 Å². The second-order valence-electron chi connectivity index (χ2n) is 5.19.